The van der Waals surface area contributed by atoms with Gasteiger partial charge in [0.15, 0.2) is 5.79 Å². The van der Waals surface area contributed by atoms with Crippen LogP contribution < -0.4 is 10.6 Å². The van der Waals surface area contributed by atoms with Gasteiger partial charge in [0.25, 0.3) is 0 Å². The molecular formula is C30H33N5O5S. The molecule has 41 heavy (non-hydrogen) atoms. The number of aliphatic hydroxyl groups excluding tert-OH is 1. The van der Waals surface area contributed by atoms with E-state index in [1.54, 1.807) is 23.5 Å². The van der Waals surface area contributed by atoms with Crippen LogP contribution in [0.1, 0.15) is 41.9 Å². The standard InChI is InChI=1S/C30H33N5O5S/c1-16-23(27-34-20-10-5-6-11-22(20)41-27)26(33-21-13-19(15-36)24-25(21)40-30(2,3)39-24)35-29(32-16)31-14-17-8-7-9-18(12-17)28(37)38-4/h5-12,19,21,24-25,36H,13-15H2,1-4H3,(H2,31,32,33,35)/t19-,21-,24-,25?/m1/s1. The van der Waals surface area contributed by atoms with Gasteiger partial charge in [-0.1, -0.05) is 24.3 Å². The number of rotatable bonds is 8. The number of carbonyl (C=O) groups excluding carboxylic acids is 1. The van der Waals surface area contributed by atoms with Gasteiger partial charge in [-0.3, -0.25) is 0 Å². The van der Waals surface area contributed by atoms with E-state index in [1.807, 2.05) is 51.1 Å². The zero-order chi connectivity index (χ0) is 28.7. The van der Waals surface area contributed by atoms with E-state index in [-0.39, 0.29) is 36.7 Å². The minimum absolute atomic E-state index is 0.0176. The monoisotopic (exact) mass is 575 g/mol. The van der Waals surface area contributed by atoms with Crippen molar-refractivity contribution in [3.63, 3.8) is 0 Å². The van der Waals surface area contributed by atoms with Gasteiger partial charge in [0, 0.05) is 19.1 Å². The summed E-state index contributed by atoms with van der Waals surface area (Å²) in [5.74, 6) is -0.0873. The Hall–Kier alpha value is -3.64. The first-order valence-electron chi connectivity index (χ1n) is 13.6. The lowest BCUT2D eigenvalue weighted by molar-refractivity contribution is -0.158. The molecule has 4 atom stereocenters. The van der Waals surface area contributed by atoms with Crippen molar-refractivity contribution in [1.82, 2.24) is 15.0 Å². The number of thiazole rings is 1. The SMILES string of the molecule is COC(=O)c1cccc(CNc2nc(C)c(-c3nc4ccccc4s3)c(N[C@@H]3C[C@H](CO)[C@H]4OC(C)(C)OC34)n2)c1. The molecule has 0 amide bonds. The van der Waals surface area contributed by atoms with Crippen LogP contribution >= 0.6 is 11.3 Å². The summed E-state index contributed by atoms with van der Waals surface area (Å²) in [4.78, 5) is 26.6. The Kier molecular flexibility index (Phi) is 7.37. The second-order valence-electron chi connectivity index (χ2n) is 10.9. The van der Waals surface area contributed by atoms with Crippen molar-refractivity contribution >= 4 is 39.3 Å². The van der Waals surface area contributed by atoms with E-state index in [9.17, 15) is 9.90 Å². The van der Waals surface area contributed by atoms with Crippen molar-refractivity contribution in [2.75, 3.05) is 24.4 Å². The molecule has 214 valence electrons. The van der Waals surface area contributed by atoms with Crippen LogP contribution in [0.5, 0.6) is 0 Å². The summed E-state index contributed by atoms with van der Waals surface area (Å²) in [7, 11) is 1.37. The van der Waals surface area contributed by atoms with Crippen molar-refractivity contribution in [2.24, 2.45) is 5.92 Å². The van der Waals surface area contributed by atoms with E-state index in [1.165, 1.54) is 7.11 Å². The summed E-state index contributed by atoms with van der Waals surface area (Å²) >= 11 is 1.59. The van der Waals surface area contributed by atoms with Gasteiger partial charge in [0.05, 0.1) is 46.3 Å². The van der Waals surface area contributed by atoms with Gasteiger partial charge in [-0.2, -0.15) is 4.98 Å². The number of nitrogens with zero attached hydrogens (tertiary/aromatic N) is 3. The molecule has 2 aromatic heterocycles. The predicted octanol–water partition coefficient (Wildman–Crippen LogP) is 4.77. The van der Waals surface area contributed by atoms with Gasteiger partial charge in [0.1, 0.15) is 16.9 Å². The number of benzene rings is 2. The van der Waals surface area contributed by atoms with Crippen LogP contribution in [-0.2, 0) is 20.8 Å². The molecule has 2 fully saturated rings. The van der Waals surface area contributed by atoms with E-state index < -0.39 is 5.79 Å². The molecule has 1 saturated carbocycles. The number of carbonyl (C=O) groups is 1. The number of methoxy groups -OCH3 is 1. The summed E-state index contributed by atoms with van der Waals surface area (Å²) in [6.07, 6.45) is 0.229. The highest BCUT2D eigenvalue weighted by Gasteiger charge is 2.54. The topological polar surface area (TPSA) is 128 Å². The summed E-state index contributed by atoms with van der Waals surface area (Å²) in [6, 6.07) is 15.1. The fraction of sp³-hybridized carbons (Fsp3) is 0.400. The first kappa shape index (κ1) is 27.5. The molecular weight excluding hydrogens is 542 g/mol. The molecule has 11 heteroatoms. The van der Waals surface area contributed by atoms with Crippen molar-refractivity contribution in [3.05, 3.63) is 65.4 Å². The van der Waals surface area contributed by atoms with Gasteiger partial charge < -0.3 is 30.0 Å². The van der Waals surface area contributed by atoms with Crippen LogP contribution in [0, 0.1) is 12.8 Å². The molecule has 2 aromatic carbocycles. The molecule has 6 rings (SSSR count). The number of hydrogen-bond acceptors (Lipinski definition) is 11. The van der Waals surface area contributed by atoms with E-state index in [2.05, 4.69) is 16.7 Å². The first-order chi connectivity index (χ1) is 19.7. The number of anilines is 2. The van der Waals surface area contributed by atoms with Gasteiger partial charge in [0.2, 0.25) is 5.95 Å². The van der Waals surface area contributed by atoms with Crippen LogP contribution in [0.2, 0.25) is 0 Å². The molecule has 1 aliphatic carbocycles. The lowest BCUT2D eigenvalue weighted by atomic mass is 10.1. The Morgan fingerprint density at radius 3 is 2.71 bits per heavy atom. The van der Waals surface area contributed by atoms with Crippen LogP contribution in [0.25, 0.3) is 20.8 Å². The van der Waals surface area contributed by atoms with Crippen molar-refractivity contribution < 1.29 is 24.1 Å². The van der Waals surface area contributed by atoms with Crippen molar-refractivity contribution in [1.29, 1.82) is 0 Å². The second kappa shape index (κ2) is 11.0. The fourth-order valence-electron chi connectivity index (χ4n) is 5.68. The number of nitrogens with one attached hydrogen (secondary N) is 2. The zero-order valence-electron chi connectivity index (χ0n) is 23.4. The Morgan fingerprint density at radius 1 is 1.12 bits per heavy atom. The Labute approximate surface area is 242 Å². The number of aryl methyl sites for hydroxylation is 1. The Morgan fingerprint density at radius 2 is 1.93 bits per heavy atom. The Balaban J connectivity index is 1.34. The van der Waals surface area contributed by atoms with Gasteiger partial charge >= 0.3 is 5.97 Å². The maximum absolute atomic E-state index is 12.0. The number of aromatic nitrogens is 3. The van der Waals surface area contributed by atoms with Gasteiger partial charge in [-0.25, -0.2) is 14.8 Å². The molecule has 3 N–H and O–H groups in total. The largest absolute Gasteiger partial charge is 0.465 e. The molecule has 2 aliphatic rings. The summed E-state index contributed by atoms with van der Waals surface area (Å²) < 4.78 is 18.4. The average molecular weight is 576 g/mol. The number of fused-ring (bicyclic) bond motifs is 2. The average Bonchev–Trinajstić information content (AvgIpc) is 3.62. The number of hydrogen-bond donors (Lipinski definition) is 3. The van der Waals surface area contributed by atoms with E-state index in [0.717, 1.165) is 32.0 Å². The molecule has 1 unspecified atom stereocenters. The Bertz CT molecular complexity index is 1560. The molecule has 4 aromatic rings. The minimum Gasteiger partial charge on any atom is -0.465 e. The van der Waals surface area contributed by atoms with Crippen molar-refractivity contribution in [2.45, 2.75) is 57.8 Å². The first-order valence-corrected chi connectivity index (χ1v) is 14.4. The molecule has 1 saturated heterocycles. The van der Waals surface area contributed by atoms with Gasteiger partial charge in [-0.15, -0.1) is 11.3 Å². The molecule has 0 radical (unpaired) electrons. The third-order valence-corrected chi connectivity index (χ3v) is 8.59. The third kappa shape index (κ3) is 5.50. The highest BCUT2D eigenvalue weighted by Crippen LogP contribution is 2.44. The third-order valence-electron chi connectivity index (χ3n) is 7.53. The highest BCUT2D eigenvalue weighted by atomic mass is 32.1. The van der Waals surface area contributed by atoms with Crippen LogP contribution in [0.3, 0.4) is 0 Å². The maximum atomic E-state index is 12.0. The number of esters is 1. The zero-order valence-corrected chi connectivity index (χ0v) is 24.2. The summed E-state index contributed by atoms with van der Waals surface area (Å²) in [5, 5.41) is 17.8. The molecule has 3 heterocycles. The second-order valence-corrected chi connectivity index (χ2v) is 11.9. The normalized spacial score (nSPS) is 23.0. The van der Waals surface area contributed by atoms with Crippen molar-refractivity contribution in [3.8, 4) is 10.6 Å². The van der Waals surface area contributed by atoms with E-state index in [0.29, 0.717) is 30.3 Å². The fourth-order valence-corrected chi connectivity index (χ4v) is 6.74. The molecule has 10 nitrogen and oxygen atoms in total. The quantitative estimate of drug-likeness (QED) is 0.253. The van der Waals surface area contributed by atoms with Gasteiger partial charge in [-0.05, 0) is 57.0 Å². The van der Waals surface area contributed by atoms with E-state index in [4.69, 9.17) is 29.2 Å². The number of para-hydroxylation sites is 1. The minimum atomic E-state index is -0.730. The lowest BCUT2D eigenvalue weighted by Gasteiger charge is -2.25. The predicted molar refractivity (Wildman–Crippen MR) is 157 cm³/mol. The van der Waals surface area contributed by atoms with E-state index >= 15 is 0 Å². The smallest absolute Gasteiger partial charge is 0.337 e. The molecule has 0 spiro atoms. The summed E-state index contributed by atoms with van der Waals surface area (Å²) in [6.45, 7) is 6.17. The maximum Gasteiger partial charge on any atom is 0.337 e. The summed E-state index contributed by atoms with van der Waals surface area (Å²) in [5.41, 5.74) is 3.88. The van der Waals surface area contributed by atoms with Crippen LogP contribution in [0.4, 0.5) is 11.8 Å². The van der Waals surface area contributed by atoms with Crippen LogP contribution in [0.15, 0.2) is 48.5 Å². The van der Waals surface area contributed by atoms with Crippen LogP contribution in [-0.4, -0.2) is 63.8 Å². The number of aliphatic hydroxyl groups is 1. The lowest BCUT2D eigenvalue weighted by Crippen LogP contribution is -2.35. The molecule has 1 aliphatic heterocycles. The molecule has 0 bridgehead atoms. The number of ether oxygens (including phenoxy) is 3. The highest BCUT2D eigenvalue weighted by molar-refractivity contribution is 7.21.